The molecule has 0 heterocycles. The molecule has 96 valence electrons. The predicted octanol–water partition coefficient (Wildman–Crippen LogP) is 4.26. The topological polar surface area (TPSA) is 72.5 Å². The fourth-order valence-corrected chi connectivity index (χ4v) is 3.58. The molecule has 2 aliphatic carbocycles. The van der Waals surface area contributed by atoms with E-state index in [0.717, 1.165) is 49.7 Å². The molecule has 1 aromatic rings. The van der Waals surface area contributed by atoms with Crippen LogP contribution >= 0.6 is 0 Å². The van der Waals surface area contributed by atoms with Crippen LogP contribution in [0, 0.1) is 11.3 Å². The first-order chi connectivity index (χ1) is 9.36. The van der Waals surface area contributed by atoms with E-state index in [-0.39, 0.29) is 0 Å². The van der Waals surface area contributed by atoms with Gasteiger partial charge >= 0.3 is 0 Å². The molecule has 0 unspecified atom stereocenters. The lowest BCUT2D eigenvalue weighted by atomic mass is 9.77. The first-order valence-electron chi connectivity index (χ1n) is 7.01. The van der Waals surface area contributed by atoms with Crippen molar-refractivity contribution in [1.29, 1.82) is 5.26 Å². The number of benzene rings is 1. The fraction of sp³-hybridized carbons (Fsp3) is 0.533. The first kappa shape index (κ1) is 12.1. The Hall–Kier alpha value is -1.98. The second-order valence-electron chi connectivity index (χ2n) is 5.35. The van der Waals surface area contributed by atoms with Gasteiger partial charge in [-0.25, -0.2) is 0 Å². The zero-order chi connectivity index (χ0) is 13.2. The van der Waals surface area contributed by atoms with E-state index in [1.165, 1.54) is 24.0 Å². The molecule has 0 amide bonds. The smallest absolute Gasteiger partial charge is 0.0999 e. The van der Waals surface area contributed by atoms with Gasteiger partial charge in [-0.3, -0.25) is 0 Å². The Kier molecular flexibility index (Phi) is 3.15. The maximum Gasteiger partial charge on any atom is 0.0999 e. The molecule has 4 nitrogen and oxygen atoms in total. The molecule has 19 heavy (non-hydrogen) atoms. The number of nitriles is 1. The summed E-state index contributed by atoms with van der Waals surface area (Å²) < 4.78 is 0. The highest BCUT2D eigenvalue weighted by Gasteiger charge is 2.25. The van der Waals surface area contributed by atoms with Crippen molar-refractivity contribution in [2.45, 2.75) is 51.4 Å². The van der Waals surface area contributed by atoms with Gasteiger partial charge < -0.3 is 0 Å². The molecule has 3 rings (SSSR count). The molecule has 0 fully saturated rings. The van der Waals surface area contributed by atoms with Crippen molar-refractivity contribution < 1.29 is 0 Å². The van der Waals surface area contributed by atoms with Crippen LogP contribution in [-0.2, 0) is 25.7 Å². The molecule has 0 radical (unpaired) electrons. The Morgan fingerprint density at radius 2 is 1.42 bits per heavy atom. The molecule has 1 aromatic carbocycles. The van der Waals surface area contributed by atoms with Crippen molar-refractivity contribution in [2.75, 3.05) is 0 Å². The molecular formula is C15H16N4. The molecule has 0 aliphatic heterocycles. The van der Waals surface area contributed by atoms with Crippen LogP contribution in [0.4, 0.5) is 5.69 Å². The Morgan fingerprint density at radius 1 is 0.895 bits per heavy atom. The van der Waals surface area contributed by atoms with Gasteiger partial charge in [0.2, 0.25) is 0 Å². The third kappa shape index (κ3) is 1.87. The fourth-order valence-electron chi connectivity index (χ4n) is 3.58. The average molecular weight is 252 g/mol. The van der Waals surface area contributed by atoms with Gasteiger partial charge in [-0.05, 0) is 79.2 Å². The molecule has 4 heteroatoms. The summed E-state index contributed by atoms with van der Waals surface area (Å²) in [5.41, 5.74) is 15.2. The van der Waals surface area contributed by atoms with E-state index in [9.17, 15) is 5.26 Å². The highest BCUT2D eigenvalue weighted by molar-refractivity contribution is 5.68. The third-order valence-electron chi connectivity index (χ3n) is 4.38. The van der Waals surface area contributed by atoms with Gasteiger partial charge in [-0.1, -0.05) is 5.11 Å². The van der Waals surface area contributed by atoms with Crippen LogP contribution in [0.25, 0.3) is 10.4 Å². The molecule has 0 saturated carbocycles. The molecule has 0 aromatic heterocycles. The Morgan fingerprint density at radius 3 is 2.00 bits per heavy atom. The summed E-state index contributed by atoms with van der Waals surface area (Å²) >= 11 is 0. The van der Waals surface area contributed by atoms with Crippen LogP contribution in [0.1, 0.15) is 53.5 Å². The van der Waals surface area contributed by atoms with E-state index < -0.39 is 0 Å². The minimum atomic E-state index is 0.625. The SMILES string of the molecule is N#Cc1c2c(c3c(c1N=[N+]=[N-])CCCC3)CCCC2. The zero-order valence-electron chi connectivity index (χ0n) is 10.9. The van der Waals surface area contributed by atoms with Crippen LogP contribution in [-0.4, -0.2) is 0 Å². The van der Waals surface area contributed by atoms with E-state index >= 15 is 0 Å². The van der Waals surface area contributed by atoms with Gasteiger partial charge in [0, 0.05) is 4.91 Å². The Balaban J connectivity index is 2.35. The highest BCUT2D eigenvalue weighted by atomic mass is 15.1. The van der Waals surface area contributed by atoms with Crippen LogP contribution in [0.15, 0.2) is 5.11 Å². The quantitative estimate of drug-likeness (QED) is 0.418. The predicted molar refractivity (Wildman–Crippen MR) is 73.2 cm³/mol. The van der Waals surface area contributed by atoms with E-state index in [1.54, 1.807) is 0 Å². The van der Waals surface area contributed by atoms with Gasteiger partial charge in [-0.15, -0.1) is 0 Å². The minimum absolute atomic E-state index is 0.625. The van der Waals surface area contributed by atoms with Gasteiger partial charge in [0.15, 0.2) is 0 Å². The van der Waals surface area contributed by atoms with Crippen molar-refractivity contribution >= 4 is 5.69 Å². The highest BCUT2D eigenvalue weighted by Crippen LogP contribution is 2.41. The van der Waals surface area contributed by atoms with Crippen LogP contribution < -0.4 is 0 Å². The van der Waals surface area contributed by atoms with Crippen LogP contribution in [0.2, 0.25) is 0 Å². The van der Waals surface area contributed by atoms with Gasteiger partial charge in [0.25, 0.3) is 0 Å². The lowest BCUT2D eigenvalue weighted by Crippen LogP contribution is -2.15. The van der Waals surface area contributed by atoms with Crippen molar-refractivity contribution in [1.82, 2.24) is 0 Å². The van der Waals surface area contributed by atoms with E-state index in [1.807, 2.05) is 0 Å². The van der Waals surface area contributed by atoms with E-state index in [0.29, 0.717) is 11.3 Å². The molecule has 0 bridgehead atoms. The Bertz CT molecular complexity index is 618. The standard InChI is InChI=1S/C15H16N4/c16-9-14-12-7-2-1-5-10(12)11-6-3-4-8-13(11)15(14)18-19-17/h1-8H2. The summed E-state index contributed by atoms with van der Waals surface area (Å²) in [6, 6.07) is 2.29. The summed E-state index contributed by atoms with van der Waals surface area (Å²) in [7, 11) is 0. The van der Waals surface area contributed by atoms with Crippen LogP contribution in [0.5, 0.6) is 0 Å². The number of rotatable bonds is 1. The van der Waals surface area contributed by atoms with E-state index in [2.05, 4.69) is 16.1 Å². The van der Waals surface area contributed by atoms with Gasteiger partial charge in [0.1, 0.15) is 0 Å². The van der Waals surface area contributed by atoms with Crippen molar-refractivity contribution in [2.24, 2.45) is 5.11 Å². The summed E-state index contributed by atoms with van der Waals surface area (Å²) in [6.45, 7) is 0. The molecule has 0 N–H and O–H groups in total. The second kappa shape index (κ2) is 4.95. The largest absolute Gasteiger partial charge is 0.192 e. The molecule has 0 saturated heterocycles. The molecule has 2 aliphatic rings. The Labute approximate surface area is 112 Å². The third-order valence-corrected chi connectivity index (χ3v) is 4.38. The zero-order valence-corrected chi connectivity index (χ0v) is 10.9. The number of azide groups is 1. The lowest BCUT2D eigenvalue weighted by Gasteiger charge is -2.28. The van der Waals surface area contributed by atoms with E-state index in [4.69, 9.17) is 5.53 Å². The molecule has 0 spiro atoms. The average Bonchev–Trinajstić information content (AvgIpc) is 2.48. The summed E-state index contributed by atoms with van der Waals surface area (Å²) in [4.78, 5) is 2.95. The minimum Gasteiger partial charge on any atom is -0.192 e. The second-order valence-corrected chi connectivity index (χ2v) is 5.35. The lowest BCUT2D eigenvalue weighted by molar-refractivity contribution is 0.640. The maximum atomic E-state index is 9.47. The monoisotopic (exact) mass is 252 g/mol. The number of nitrogens with zero attached hydrogens (tertiary/aromatic N) is 4. The first-order valence-corrected chi connectivity index (χ1v) is 7.01. The number of hydrogen-bond donors (Lipinski definition) is 0. The maximum absolute atomic E-state index is 9.47. The number of fused-ring (bicyclic) bond motifs is 3. The summed E-state index contributed by atoms with van der Waals surface area (Å²) in [6.07, 6.45) is 8.76. The molecule has 0 atom stereocenters. The summed E-state index contributed by atoms with van der Waals surface area (Å²) in [5, 5.41) is 13.3. The van der Waals surface area contributed by atoms with Crippen molar-refractivity contribution in [3.63, 3.8) is 0 Å². The van der Waals surface area contributed by atoms with Gasteiger partial charge in [-0.2, -0.15) is 5.26 Å². The van der Waals surface area contributed by atoms with Crippen LogP contribution in [0.3, 0.4) is 0 Å². The molecular weight excluding hydrogens is 236 g/mol. The number of hydrogen-bond acceptors (Lipinski definition) is 2. The van der Waals surface area contributed by atoms with Gasteiger partial charge in [0.05, 0.1) is 17.3 Å². The normalized spacial score (nSPS) is 16.8. The summed E-state index contributed by atoms with van der Waals surface area (Å²) in [5.74, 6) is 0. The van der Waals surface area contributed by atoms with Crippen molar-refractivity contribution in [3.05, 3.63) is 38.3 Å². The van der Waals surface area contributed by atoms with Crippen molar-refractivity contribution in [3.8, 4) is 6.07 Å².